The zero-order valence-corrected chi connectivity index (χ0v) is 15.8. The summed E-state index contributed by atoms with van der Waals surface area (Å²) in [6.45, 7) is 12.0. The Kier molecular flexibility index (Phi) is 5.67. The number of hydrogen-bond donors (Lipinski definition) is 1. The second kappa shape index (κ2) is 7.55. The van der Waals surface area contributed by atoms with Gasteiger partial charge in [0.1, 0.15) is 23.0 Å². The van der Waals surface area contributed by atoms with Crippen molar-refractivity contribution in [2.75, 3.05) is 6.61 Å². The molecule has 1 heterocycles. The number of carbonyl (C=O) groups excluding carboxylic acids is 1. The standard InChI is InChI=1S/C20H26N2O3/c1-13-11-16(20(4,5)6)8-10-17(13)24-12-19(23)22-21-15(3)18-9-7-14(2)25-18/h7-11H,12H2,1-6H3,(H,22,23)/b21-15+. The maximum absolute atomic E-state index is 11.9. The molecule has 25 heavy (non-hydrogen) atoms. The average Bonchev–Trinajstić information content (AvgIpc) is 2.97. The summed E-state index contributed by atoms with van der Waals surface area (Å²) in [7, 11) is 0. The Hall–Kier alpha value is -2.56. The van der Waals surface area contributed by atoms with Crippen LogP contribution in [-0.4, -0.2) is 18.2 Å². The van der Waals surface area contributed by atoms with E-state index in [4.69, 9.17) is 9.15 Å². The molecule has 134 valence electrons. The number of hydrazone groups is 1. The van der Waals surface area contributed by atoms with Gasteiger partial charge in [0.25, 0.3) is 5.91 Å². The number of furan rings is 1. The molecule has 1 N–H and O–H groups in total. The molecule has 5 heteroatoms. The molecule has 0 radical (unpaired) electrons. The first-order valence-corrected chi connectivity index (χ1v) is 8.30. The lowest BCUT2D eigenvalue weighted by atomic mass is 9.86. The topological polar surface area (TPSA) is 63.8 Å². The molecule has 0 saturated heterocycles. The molecule has 0 aliphatic rings. The molecule has 1 amide bonds. The van der Waals surface area contributed by atoms with Crippen LogP contribution in [0.15, 0.2) is 39.9 Å². The Labute approximate surface area is 149 Å². The summed E-state index contributed by atoms with van der Waals surface area (Å²) in [4.78, 5) is 11.9. The maximum Gasteiger partial charge on any atom is 0.277 e. The monoisotopic (exact) mass is 342 g/mol. The molecule has 1 aromatic carbocycles. The van der Waals surface area contributed by atoms with Crippen molar-refractivity contribution in [1.29, 1.82) is 0 Å². The Balaban J connectivity index is 1.92. The first kappa shape index (κ1) is 18.8. The predicted octanol–water partition coefficient (Wildman–Crippen LogP) is 4.11. The largest absolute Gasteiger partial charge is 0.483 e. The molecule has 1 aromatic heterocycles. The van der Waals surface area contributed by atoms with Crippen LogP contribution < -0.4 is 10.2 Å². The summed E-state index contributed by atoms with van der Waals surface area (Å²) >= 11 is 0. The van der Waals surface area contributed by atoms with E-state index in [0.29, 0.717) is 17.2 Å². The number of nitrogens with zero attached hydrogens (tertiary/aromatic N) is 1. The van der Waals surface area contributed by atoms with Gasteiger partial charge in [-0.25, -0.2) is 5.43 Å². The minimum Gasteiger partial charge on any atom is -0.483 e. The van der Waals surface area contributed by atoms with Crippen molar-refractivity contribution in [2.24, 2.45) is 5.10 Å². The minimum absolute atomic E-state index is 0.0805. The summed E-state index contributed by atoms with van der Waals surface area (Å²) in [5.41, 5.74) is 5.40. The van der Waals surface area contributed by atoms with Crippen LogP contribution in [0.3, 0.4) is 0 Å². The summed E-state index contributed by atoms with van der Waals surface area (Å²) in [5.74, 6) is 1.81. The average molecular weight is 342 g/mol. The summed E-state index contributed by atoms with van der Waals surface area (Å²) in [6.07, 6.45) is 0. The highest BCUT2D eigenvalue weighted by Gasteiger charge is 2.15. The molecular weight excluding hydrogens is 316 g/mol. The molecular formula is C20H26N2O3. The molecule has 0 saturated carbocycles. The molecule has 0 fully saturated rings. The van der Waals surface area contributed by atoms with Gasteiger partial charge in [-0.3, -0.25) is 4.79 Å². The molecule has 0 spiro atoms. The van der Waals surface area contributed by atoms with Crippen LogP contribution in [0.25, 0.3) is 0 Å². The van der Waals surface area contributed by atoms with Crippen LogP contribution in [-0.2, 0) is 10.2 Å². The van der Waals surface area contributed by atoms with E-state index >= 15 is 0 Å². The molecule has 0 unspecified atom stereocenters. The van der Waals surface area contributed by atoms with E-state index in [1.54, 1.807) is 6.92 Å². The summed E-state index contributed by atoms with van der Waals surface area (Å²) in [6, 6.07) is 9.69. The molecule has 0 atom stereocenters. The van der Waals surface area contributed by atoms with Gasteiger partial charge in [0.05, 0.1) is 0 Å². The van der Waals surface area contributed by atoms with Crippen LogP contribution in [0.5, 0.6) is 5.75 Å². The van der Waals surface area contributed by atoms with Gasteiger partial charge in [-0.1, -0.05) is 32.9 Å². The first-order chi connectivity index (χ1) is 11.7. The van der Waals surface area contributed by atoms with Gasteiger partial charge in [-0.15, -0.1) is 0 Å². The van der Waals surface area contributed by atoms with Crippen LogP contribution in [0.2, 0.25) is 0 Å². The van der Waals surface area contributed by atoms with Crippen LogP contribution in [0.1, 0.15) is 50.3 Å². The fraction of sp³-hybridized carbons (Fsp3) is 0.400. The summed E-state index contributed by atoms with van der Waals surface area (Å²) in [5, 5.41) is 4.03. The molecule has 2 aromatic rings. The Morgan fingerprint density at radius 1 is 1.20 bits per heavy atom. The third-order valence-electron chi connectivity index (χ3n) is 3.84. The van der Waals surface area contributed by atoms with Gasteiger partial charge in [-0.05, 0) is 55.5 Å². The normalized spacial score (nSPS) is 12.2. The van der Waals surface area contributed by atoms with Crippen LogP contribution in [0.4, 0.5) is 0 Å². The van der Waals surface area contributed by atoms with E-state index in [0.717, 1.165) is 11.3 Å². The van der Waals surface area contributed by atoms with Gasteiger partial charge in [0.15, 0.2) is 6.61 Å². The number of amides is 1. The Bertz CT molecular complexity index is 782. The maximum atomic E-state index is 11.9. The predicted molar refractivity (Wildman–Crippen MR) is 99.2 cm³/mol. The van der Waals surface area contributed by atoms with Gasteiger partial charge in [0.2, 0.25) is 0 Å². The SMILES string of the molecule is C/C(=N\NC(=O)COc1ccc(C(C)(C)C)cc1C)c1ccc(C)o1. The second-order valence-corrected chi connectivity index (χ2v) is 7.16. The highest BCUT2D eigenvalue weighted by atomic mass is 16.5. The van der Waals surface area contributed by atoms with Crippen molar-refractivity contribution >= 4 is 11.6 Å². The van der Waals surface area contributed by atoms with E-state index in [-0.39, 0.29) is 17.9 Å². The van der Waals surface area contributed by atoms with E-state index in [2.05, 4.69) is 37.4 Å². The highest BCUT2D eigenvalue weighted by Crippen LogP contribution is 2.27. The zero-order chi connectivity index (χ0) is 18.6. The van der Waals surface area contributed by atoms with Crippen LogP contribution in [0, 0.1) is 13.8 Å². The van der Waals surface area contributed by atoms with Crippen molar-refractivity contribution < 1.29 is 13.9 Å². The van der Waals surface area contributed by atoms with E-state index in [1.165, 1.54) is 5.56 Å². The van der Waals surface area contributed by atoms with E-state index in [9.17, 15) is 4.79 Å². The second-order valence-electron chi connectivity index (χ2n) is 7.16. The van der Waals surface area contributed by atoms with Crippen molar-refractivity contribution in [3.05, 3.63) is 53.0 Å². The third-order valence-corrected chi connectivity index (χ3v) is 3.84. The van der Waals surface area contributed by atoms with Crippen molar-refractivity contribution in [2.45, 2.75) is 47.0 Å². The lowest BCUT2D eigenvalue weighted by molar-refractivity contribution is -0.123. The summed E-state index contributed by atoms with van der Waals surface area (Å²) < 4.78 is 11.1. The fourth-order valence-corrected chi connectivity index (χ4v) is 2.28. The molecule has 0 aliphatic heterocycles. The number of aryl methyl sites for hydroxylation is 2. The van der Waals surface area contributed by atoms with E-state index in [1.807, 2.05) is 38.1 Å². The number of carbonyl (C=O) groups is 1. The number of ether oxygens (including phenoxy) is 1. The van der Waals surface area contributed by atoms with Gasteiger partial charge in [-0.2, -0.15) is 5.10 Å². The number of nitrogens with one attached hydrogen (secondary N) is 1. The molecule has 0 aliphatic carbocycles. The fourth-order valence-electron chi connectivity index (χ4n) is 2.28. The molecule has 0 bridgehead atoms. The van der Waals surface area contributed by atoms with Crippen molar-refractivity contribution in [3.8, 4) is 5.75 Å². The third kappa shape index (κ3) is 5.21. The lowest BCUT2D eigenvalue weighted by Crippen LogP contribution is -2.25. The van der Waals surface area contributed by atoms with Crippen molar-refractivity contribution in [1.82, 2.24) is 5.43 Å². The zero-order valence-electron chi connectivity index (χ0n) is 15.8. The first-order valence-electron chi connectivity index (χ1n) is 8.30. The van der Waals surface area contributed by atoms with Crippen LogP contribution >= 0.6 is 0 Å². The number of benzene rings is 1. The van der Waals surface area contributed by atoms with Gasteiger partial charge >= 0.3 is 0 Å². The number of rotatable bonds is 5. The van der Waals surface area contributed by atoms with Gasteiger partial charge < -0.3 is 9.15 Å². The molecule has 5 nitrogen and oxygen atoms in total. The van der Waals surface area contributed by atoms with E-state index < -0.39 is 0 Å². The lowest BCUT2D eigenvalue weighted by Gasteiger charge is -2.20. The Morgan fingerprint density at radius 2 is 1.92 bits per heavy atom. The highest BCUT2D eigenvalue weighted by molar-refractivity contribution is 5.96. The Morgan fingerprint density at radius 3 is 2.48 bits per heavy atom. The quantitative estimate of drug-likeness (QED) is 0.657. The smallest absolute Gasteiger partial charge is 0.277 e. The van der Waals surface area contributed by atoms with Gasteiger partial charge in [0, 0.05) is 0 Å². The minimum atomic E-state index is -0.318. The number of hydrogen-bond acceptors (Lipinski definition) is 4. The molecule has 2 rings (SSSR count). The van der Waals surface area contributed by atoms with Crippen molar-refractivity contribution in [3.63, 3.8) is 0 Å².